The van der Waals surface area contributed by atoms with E-state index in [2.05, 4.69) is 5.32 Å². The van der Waals surface area contributed by atoms with Gasteiger partial charge in [-0.1, -0.05) is 59.0 Å². The summed E-state index contributed by atoms with van der Waals surface area (Å²) >= 11 is 8.28. The predicted molar refractivity (Wildman–Crippen MR) is 170 cm³/mol. The van der Waals surface area contributed by atoms with E-state index in [1.165, 1.54) is 16.7 Å². The van der Waals surface area contributed by atoms with E-state index >= 15 is 0 Å². The molecule has 1 N–H and O–H groups in total. The standard InChI is InChI=1S/C32H26ClN3O6S2/c1-3-42-31(40)19-9-13-22(14-10-19)36-28(38)25-24(18-7-11-20(33)12-8-18)27-30(43-26(25)29(36)39)35(32(41)44-27)16-23(37)34-21-6-4-5-17(2)15-21/h4-15,24-26H,3,16H2,1-2H3,(H,34,37). The number of fused-ring (bicyclic) bond motifs is 2. The summed E-state index contributed by atoms with van der Waals surface area (Å²) in [6, 6.07) is 20.4. The SMILES string of the molecule is CCOC(=O)c1ccc(N2C(=O)C3Sc4c(sc(=O)n4CC(=O)Nc4cccc(C)c4)C(c4ccc(Cl)cc4)C3C2=O)cc1. The number of carbonyl (C=O) groups excluding carboxylic acids is 4. The number of benzene rings is 3. The Morgan fingerprint density at radius 3 is 2.39 bits per heavy atom. The number of esters is 1. The van der Waals surface area contributed by atoms with Crippen LogP contribution in [0.25, 0.3) is 0 Å². The Labute approximate surface area is 265 Å². The molecule has 9 nitrogen and oxygen atoms in total. The number of anilines is 2. The molecule has 1 fully saturated rings. The first kappa shape index (κ1) is 29.9. The molecule has 4 aromatic rings. The van der Waals surface area contributed by atoms with Crippen molar-refractivity contribution >= 4 is 69.8 Å². The van der Waals surface area contributed by atoms with Gasteiger partial charge in [-0.15, -0.1) is 0 Å². The molecule has 0 aliphatic carbocycles. The summed E-state index contributed by atoms with van der Waals surface area (Å²) in [4.78, 5) is 67.9. The molecule has 1 saturated heterocycles. The lowest BCUT2D eigenvalue weighted by Gasteiger charge is -2.30. The van der Waals surface area contributed by atoms with Crippen LogP contribution >= 0.6 is 34.7 Å². The molecule has 6 rings (SSSR count). The quantitative estimate of drug-likeness (QED) is 0.209. The molecule has 3 heterocycles. The van der Waals surface area contributed by atoms with E-state index in [0.29, 0.717) is 31.9 Å². The Kier molecular flexibility index (Phi) is 8.19. The molecule has 2 aliphatic heterocycles. The van der Waals surface area contributed by atoms with Crippen LogP contribution in [0.2, 0.25) is 5.02 Å². The Bertz CT molecular complexity index is 1850. The Morgan fingerprint density at radius 2 is 1.70 bits per heavy atom. The van der Waals surface area contributed by atoms with Gasteiger partial charge in [-0.05, 0) is 73.5 Å². The third-order valence-corrected chi connectivity index (χ3v) is 10.4. The van der Waals surface area contributed by atoms with Gasteiger partial charge in [0, 0.05) is 21.5 Å². The van der Waals surface area contributed by atoms with Gasteiger partial charge in [-0.3, -0.25) is 23.7 Å². The van der Waals surface area contributed by atoms with Crippen LogP contribution in [0, 0.1) is 12.8 Å². The third kappa shape index (κ3) is 5.47. The van der Waals surface area contributed by atoms with Crippen molar-refractivity contribution in [2.45, 2.75) is 36.6 Å². The van der Waals surface area contributed by atoms with Gasteiger partial charge in [0.15, 0.2) is 0 Å². The molecule has 0 bridgehead atoms. The highest BCUT2D eigenvalue weighted by Crippen LogP contribution is 2.54. The number of imide groups is 1. The summed E-state index contributed by atoms with van der Waals surface area (Å²) in [6.07, 6.45) is 0. The molecule has 3 aromatic carbocycles. The van der Waals surface area contributed by atoms with E-state index in [1.54, 1.807) is 49.4 Å². The minimum atomic E-state index is -0.847. The largest absolute Gasteiger partial charge is 0.462 e. The zero-order chi connectivity index (χ0) is 31.1. The fourth-order valence-electron chi connectivity index (χ4n) is 5.57. The van der Waals surface area contributed by atoms with Gasteiger partial charge >= 0.3 is 10.8 Å². The van der Waals surface area contributed by atoms with Crippen molar-refractivity contribution in [2.75, 3.05) is 16.8 Å². The second-order valence-electron chi connectivity index (χ2n) is 10.4. The number of nitrogens with zero attached hydrogens (tertiary/aromatic N) is 2. The summed E-state index contributed by atoms with van der Waals surface area (Å²) in [6.45, 7) is 3.59. The van der Waals surface area contributed by atoms with Crippen LogP contribution in [0.5, 0.6) is 0 Å². The number of hydrogen-bond donors (Lipinski definition) is 1. The molecular weight excluding hydrogens is 622 g/mol. The highest BCUT2D eigenvalue weighted by atomic mass is 35.5. The lowest BCUT2D eigenvalue weighted by Crippen LogP contribution is -2.33. The number of rotatable bonds is 7. The van der Waals surface area contributed by atoms with Gasteiger partial charge in [0.05, 0.1) is 28.8 Å². The highest BCUT2D eigenvalue weighted by molar-refractivity contribution is 8.00. The van der Waals surface area contributed by atoms with E-state index in [4.69, 9.17) is 16.3 Å². The number of thioether (sulfide) groups is 1. The minimum absolute atomic E-state index is 0.221. The van der Waals surface area contributed by atoms with Crippen molar-refractivity contribution in [3.05, 3.63) is 109 Å². The Hall–Kier alpha value is -4.19. The number of nitrogens with one attached hydrogen (secondary N) is 1. The summed E-state index contributed by atoms with van der Waals surface area (Å²) in [5.74, 6) is -3.16. The van der Waals surface area contributed by atoms with Gasteiger partial charge in [-0.25, -0.2) is 9.69 Å². The number of aromatic nitrogens is 1. The van der Waals surface area contributed by atoms with Crippen molar-refractivity contribution in [3.63, 3.8) is 0 Å². The van der Waals surface area contributed by atoms with Crippen molar-refractivity contribution < 1.29 is 23.9 Å². The van der Waals surface area contributed by atoms with Crippen LogP contribution in [-0.2, 0) is 25.7 Å². The van der Waals surface area contributed by atoms with Crippen LogP contribution in [0.4, 0.5) is 11.4 Å². The molecule has 224 valence electrons. The zero-order valence-corrected chi connectivity index (χ0v) is 26.0. The molecule has 3 amide bonds. The fraction of sp³-hybridized carbons (Fsp3) is 0.219. The molecule has 0 saturated carbocycles. The zero-order valence-electron chi connectivity index (χ0n) is 23.6. The summed E-state index contributed by atoms with van der Waals surface area (Å²) in [7, 11) is 0. The second kappa shape index (κ2) is 12.1. The van der Waals surface area contributed by atoms with Crippen LogP contribution < -0.4 is 15.1 Å². The van der Waals surface area contributed by atoms with Gasteiger partial charge in [0.2, 0.25) is 17.7 Å². The topological polar surface area (TPSA) is 115 Å². The van der Waals surface area contributed by atoms with Crippen molar-refractivity contribution in [1.29, 1.82) is 0 Å². The van der Waals surface area contributed by atoms with Crippen molar-refractivity contribution in [2.24, 2.45) is 5.92 Å². The monoisotopic (exact) mass is 647 g/mol. The average Bonchev–Trinajstić information content (AvgIpc) is 3.44. The Morgan fingerprint density at radius 1 is 0.977 bits per heavy atom. The first-order chi connectivity index (χ1) is 21.2. The molecule has 44 heavy (non-hydrogen) atoms. The maximum Gasteiger partial charge on any atom is 0.338 e. The first-order valence-corrected chi connectivity index (χ1v) is 15.9. The number of aryl methyl sites for hydroxylation is 1. The molecule has 3 unspecified atom stereocenters. The molecule has 3 atom stereocenters. The van der Waals surface area contributed by atoms with Crippen LogP contribution in [0.3, 0.4) is 0 Å². The van der Waals surface area contributed by atoms with Gasteiger partial charge in [0.25, 0.3) is 0 Å². The number of amides is 3. The number of hydrogen-bond acceptors (Lipinski definition) is 8. The molecule has 0 radical (unpaired) electrons. The summed E-state index contributed by atoms with van der Waals surface area (Å²) < 4.78 is 6.42. The van der Waals surface area contributed by atoms with Crippen LogP contribution in [0.15, 0.2) is 82.6 Å². The highest BCUT2D eigenvalue weighted by Gasteiger charge is 2.56. The number of thiazole rings is 1. The molecule has 2 aliphatic rings. The molecular formula is C32H26ClN3O6S2. The average molecular weight is 648 g/mol. The molecule has 12 heteroatoms. The maximum absolute atomic E-state index is 14.1. The van der Waals surface area contributed by atoms with E-state index in [-0.39, 0.29) is 23.9 Å². The lowest BCUT2D eigenvalue weighted by atomic mass is 9.83. The summed E-state index contributed by atoms with van der Waals surface area (Å²) in [5, 5.41) is 2.98. The maximum atomic E-state index is 14.1. The smallest absolute Gasteiger partial charge is 0.338 e. The fourth-order valence-corrected chi connectivity index (χ4v) is 8.47. The van der Waals surface area contributed by atoms with Gasteiger partial charge in [0.1, 0.15) is 11.8 Å². The summed E-state index contributed by atoms with van der Waals surface area (Å²) in [5.41, 5.74) is 2.95. The number of halogens is 1. The van der Waals surface area contributed by atoms with E-state index < -0.39 is 34.9 Å². The predicted octanol–water partition coefficient (Wildman–Crippen LogP) is 5.48. The van der Waals surface area contributed by atoms with Gasteiger partial charge in [-0.2, -0.15) is 0 Å². The second-order valence-corrected chi connectivity index (χ2v) is 13.0. The van der Waals surface area contributed by atoms with Crippen LogP contribution in [-0.4, -0.2) is 40.1 Å². The van der Waals surface area contributed by atoms with Crippen LogP contribution in [0.1, 0.15) is 39.2 Å². The van der Waals surface area contributed by atoms with Crippen molar-refractivity contribution in [3.8, 4) is 0 Å². The number of carbonyl (C=O) groups is 4. The van der Waals surface area contributed by atoms with E-state index in [1.807, 2.05) is 25.1 Å². The van der Waals surface area contributed by atoms with E-state index in [0.717, 1.165) is 39.1 Å². The normalized spacial score (nSPS) is 19.0. The first-order valence-electron chi connectivity index (χ1n) is 13.8. The van der Waals surface area contributed by atoms with E-state index in [9.17, 15) is 24.0 Å². The lowest BCUT2D eigenvalue weighted by molar-refractivity contribution is -0.122. The number of ether oxygens (including phenoxy) is 1. The van der Waals surface area contributed by atoms with Crippen molar-refractivity contribution in [1.82, 2.24) is 4.57 Å². The molecule has 1 aromatic heterocycles. The van der Waals surface area contributed by atoms with Gasteiger partial charge < -0.3 is 10.1 Å². The molecule has 0 spiro atoms. The third-order valence-electron chi connectivity index (χ3n) is 7.52. The Balaban J connectivity index is 1.37. The minimum Gasteiger partial charge on any atom is -0.462 e.